The number of aryl methyl sites for hydroxylation is 1. The van der Waals surface area contributed by atoms with E-state index in [1.54, 1.807) is 16.8 Å². The summed E-state index contributed by atoms with van der Waals surface area (Å²) in [6.45, 7) is 2.29. The van der Waals surface area contributed by atoms with Crippen LogP contribution in [-0.2, 0) is 6.54 Å². The molecule has 2 aromatic heterocycles. The first-order chi connectivity index (χ1) is 7.69. The van der Waals surface area contributed by atoms with Gasteiger partial charge < -0.3 is 4.57 Å². The largest absolute Gasteiger partial charge is 0.309 e. The lowest BCUT2D eigenvalue weighted by Crippen LogP contribution is -2.19. The lowest BCUT2D eigenvalue weighted by Gasteiger charge is -2.02. The van der Waals surface area contributed by atoms with E-state index in [1.807, 2.05) is 13.0 Å². The second-order valence-electron chi connectivity index (χ2n) is 3.44. The summed E-state index contributed by atoms with van der Waals surface area (Å²) < 4.78 is 1.57. The third kappa shape index (κ3) is 2.25. The van der Waals surface area contributed by atoms with Gasteiger partial charge in [0.2, 0.25) is 0 Å². The zero-order valence-electron chi connectivity index (χ0n) is 8.71. The van der Waals surface area contributed by atoms with Crippen molar-refractivity contribution in [2.24, 2.45) is 0 Å². The van der Waals surface area contributed by atoms with Crippen molar-refractivity contribution >= 4 is 17.6 Å². The van der Waals surface area contributed by atoms with Gasteiger partial charge in [0.1, 0.15) is 5.01 Å². The predicted octanol–water partition coefficient (Wildman–Crippen LogP) is 1.47. The van der Waals surface area contributed by atoms with E-state index in [0.29, 0.717) is 11.4 Å². The van der Waals surface area contributed by atoms with E-state index in [9.17, 15) is 9.59 Å². The fraction of sp³-hybridized carbons (Fsp3) is 0.182. The minimum atomic E-state index is -0.0529. The Morgan fingerprint density at radius 2 is 2.38 bits per heavy atom. The molecule has 0 saturated carbocycles. The van der Waals surface area contributed by atoms with Gasteiger partial charge in [-0.1, -0.05) is 0 Å². The summed E-state index contributed by atoms with van der Waals surface area (Å²) in [5.41, 5.74) is 0.886. The molecule has 0 bridgehead atoms. The van der Waals surface area contributed by atoms with Crippen molar-refractivity contribution in [1.82, 2.24) is 9.55 Å². The van der Waals surface area contributed by atoms with Crippen molar-refractivity contribution in [1.29, 1.82) is 0 Å². The quantitative estimate of drug-likeness (QED) is 0.756. The molecule has 2 heterocycles. The highest BCUT2D eigenvalue weighted by Gasteiger charge is 2.03. The first kappa shape index (κ1) is 10.8. The van der Waals surface area contributed by atoms with E-state index < -0.39 is 0 Å². The van der Waals surface area contributed by atoms with Crippen LogP contribution in [0.3, 0.4) is 0 Å². The Morgan fingerprint density at radius 3 is 3.00 bits per heavy atom. The fourth-order valence-corrected chi connectivity index (χ4v) is 2.07. The molecule has 2 aromatic rings. The molecule has 16 heavy (non-hydrogen) atoms. The zero-order valence-corrected chi connectivity index (χ0v) is 9.53. The van der Waals surface area contributed by atoms with Crippen LogP contribution < -0.4 is 5.56 Å². The maximum atomic E-state index is 11.6. The number of hydrogen-bond acceptors (Lipinski definition) is 4. The molecule has 0 radical (unpaired) electrons. The number of carbonyl (C=O) groups is 1. The van der Waals surface area contributed by atoms with E-state index in [1.165, 1.54) is 17.5 Å². The van der Waals surface area contributed by atoms with E-state index in [-0.39, 0.29) is 5.56 Å². The van der Waals surface area contributed by atoms with Crippen molar-refractivity contribution in [3.05, 3.63) is 50.3 Å². The highest BCUT2D eigenvalue weighted by Crippen LogP contribution is 2.11. The first-order valence-corrected chi connectivity index (χ1v) is 5.57. The normalized spacial score (nSPS) is 10.3. The topological polar surface area (TPSA) is 52.0 Å². The van der Waals surface area contributed by atoms with Crippen LogP contribution in [-0.4, -0.2) is 15.8 Å². The maximum Gasteiger partial charge on any atom is 0.251 e. The average Bonchev–Trinajstić information content (AvgIpc) is 2.70. The van der Waals surface area contributed by atoms with Crippen molar-refractivity contribution in [2.75, 3.05) is 0 Å². The SMILES string of the molecule is Cc1ccn(Cc2ncc(C=O)s2)c(=O)c1. The Bertz CT molecular complexity index is 571. The third-order valence-electron chi connectivity index (χ3n) is 2.14. The maximum absolute atomic E-state index is 11.6. The molecule has 0 fully saturated rings. The lowest BCUT2D eigenvalue weighted by molar-refractivity contribution is 0.112. The number of carbonyl (C=O) groups excluding carboxylic acids is 1. The molecule has 0 aliphatic carbocycles. The zero-order chi connectivity index (χ0) is 11.5. The molecule has 4 nitrogen and oxygen atoms in total. The van der Waals surface area contributed by atoms with Gasteiger partial charge in [-0.05, 0) is 18.6 Å². The molecule has 2 rings (SSSR count). The average molecular weight is 234 g/mol. The summed E-state index contributed by atoms with van der Waals surface area (Å²) in [5, 5.41) is 0.757. The van der Waals surface area contributed by atoms with Gasteiger partial charge in [0.05, 0.1) is 11.4 Å². The molecular formula is C11H10N2O2S. The molecule has 0 aliphatic heterocycles. The van der Waals surface area contributed by atoms with Crippen molar-refractivity contribution in [3.8, 4) is 0 Å². The molecule has 0 saturated heterocycles. The Labute approximate surface area is 96.2 Å². The summed E-state index contributed by atoms with van der Waals surface area (Å²) >= 11 is 1.30. The molecule has 0 unspecified atom stereocenters. The van der Waals surface area contributed by atoms with Crippen LogP contribution in [0.5, 0.6) is 0 Å². The molecule has 0 spiro atoms. The van der Waals surface area contributed by atoms with Crippen molar-refractivity contribution < 1.29 is 4.79 Å². The van der Waals surface area contributed by atoms with E-state index in [0.717, 1.165) is 16.9 Å². The van der Waals surface area contributed by atoms with Gasteiger partial charge in [-0.2, -0.15) is 0 Å². The smallest absolute Gasteiger partial charge is 0.251 e. The van der Waals surface area contributed by atoms with Crippen molar-refractivity contribution in [3.63, 3.8) is 0 Å². The Balaban J connectivity index is 2.26. The van der Waals surface area contributed by atoms with Crippen LogP contribution >= 0.6 is 11.3 Å². The van der Waals surface area contributed by atoms with Gasteiger partial charge in [0.25, 0.3) is 5.56 Å². The molecular weight excluding hydrogens is 224 g/mol. The molecule has 0 aliphatic rings. The molecule has 0 amide bonds. The van der Waals surface area contributed by atoms with Gasteiger partial charge in [-0.15, -0.1) is 11.3 Å². The molecule has 5 heteroatoms. The Morgan fingerprint density at radius 1 is 1.56 bits per heavy atom. The summed E-state index contributed by atoms with van der Waals surface area (Å²) in [4.78, 5) is 26.7. The Hall–Kier alpha value is -1.75. The highest BCUT2D eigenvalue weighted by molar-refractivity contribution is 7.13. The number of thiazole rings is 1. The number of nitrogens with zero attached hydrogens (tertiary/aromatic N) is 2. The second-order valence-corrected chi connectivity index (χ2v) is 4.59. The van der Waals surface area contributed by atoms with Crippen LogP contribution in [0.15, 0.2) is 29.3 Å². The van der Waals surface area contributed by atoms with Crippen LogP contribution in [0.2, 0.25) is 0 Å². The van der Waals surface area contributed by atoms with Gasteiger partial charge in [-0.3, -0.25) is 9.59 Å². The van der Waals surface area contributed by atoms with Gasteiger partial charge in [0, 0.05) is 18.5 Å². The molecule has 0 aromatic carbocycles. The predicted molar refractivity (Wildman–Crippen MR) is 62.0 cm³/mol. The van der Waals surface area contributed by atoms with Gasteiger partial charge >= 0.3 is 0 Å². The number of aromatic nitrogens is 2. The van der Waals surface area contributed by atoms with E-state index >= 15 is 0 Å². The summed E-state index contributed by atoms with van der Waals surface area (Å²) in [5.74, 6) is 0. The lowest BCUT2D eigenvalue weighted by atomic mass is 10.3. The number of pyridine rings is 1. The van der Waals surface area contributed by atoms with E-state index in [2.05, 4.69) is 4.98 Å². The van der Waals surface area contributed by atoms with E-state index in [4.69, 9.17) is 0 Å². The summed E-state index contributed by atoms with van der Waals surface area (Å²) in [6, 6.07) is 3.45. The summed E-state index contributed by atoms with van der Waals surface area (Å²) in [6.07, 6.45) is 4.02. The second kappa shape index (κ2) is 4.40. The van der Waals surface area contributed by atoms with Crippen LogP contribution in [0.25, 0.3) is 0 Å². The number of aldehydes is 1. The standard InChI is InChI=1S/C11H10N2O2S/c1-8-2-3-13(11(15)4-8)6-10-12-5-9(7-14)16-10/h2-5,7H,6H2,1H3. The minimum Gasteiger partial charge on any atom is -0.309 e. The summed E-state index contributed by atoms with van der Waals surface area (Å²) in [7, 11) is 0. The number of rotatable bonds is 3. The Kier molecular flexibility index (Phi) is 2.96. The fourth-order valence-electron chi connectivity index (χ4n) is 1.34. The highest BCUT2D eigenvalue weighted by atomic mass is 32.1. The molecule has 0 N–H and O–H groups in total. The third-order valence-corrected chi connectivity index (χ3v) is 3.05. The molecule has 0 atom stereocenters. The first-order valence-electron chi connectivity index (χ1n) is 4.76. The monoisotopic (exact) mass is 234 g/mol. The molecule has 82 valence electrons. The van der Waals surface area contributed by atoms with Gasteiger partial charge in [0.15, 0.2) is 6.29 Å². The van der Waals surface area contributed by atoms with Crippen LogP contribution in [0.1, 0.15) is 20.2 Å². The van der Waals surface area contributed by atoms with Gasteiger partial charge in [-0.25, -0.2) is 4.98 Å². The minimum absolute atomic E-state index is 0.0529. The van der Waals surface area contributed by atoms with Crippen molar-refractivity contribution in [2.45, 2.75) is 13.5 Å². The number of hydrogen-bond donors (Lipinski definition) is 0. The van der Waals surface area contributed by atoms with Crippen LogP contribution in [0.4, 0.5) is 0 Å². The van der Waals surface area contributed by atoms with Crippen LogP contribution in [0, 0.1) is 6.92 Å².